The number of imidazole rings is 1. The highest BCUT2D eigenvalue weighted by Crippen LogP contribution is 2.31. The summed E-state index contributed by atoms with van der Waals surface area (Å²) in [5.74, 6) is -2.95. The lowest BCUT2D eigenvalue weighted by atomic mass is 10.1. The molecule has 0 aliphatic heterocycles. The Morgan fingerprint density at radius 1 is 1.00 bits per heavy atom. The number of carbonyl (C=O) groups is 2. The molecule has 4 rings (SSSR count). The van der Waals surface area contributed by atoms with E-state index >= 15 is 0 Å². The van der Waals surface area contributed by atoms with Crippen LogP contribution >= 0.6 is 0 Å². The Morgan fingerprint density at radius 2 is 1.68 bits per heavy atom. The molecule has 0 radical (unpaired) electrons. The molecule has 2 amide bonds. The molecule has 12 heteroatoms. The van der Waals surface area contributed by atoms with Crippen LogP contribution in [0.15, 0.2) is 53.3 Å². The number of para-hydroxylation sites is 2. The zero-order valence-electron chi connectivity index (χ0n) is 17.9. The van der Waals surface area contributed by atoms with Crippen molar-refractivity contribution in [2.75, 3.05) is 0 Å². The smallest absolute Gasteiger partial charge is 0.311 e. The lowest BCUT2D eigenvalue weighted by Gasteiger charge is -2.13. The lowest BCUT2D eigenvalue weighted by Crippen LogP contribution is -2.44. The molecule has 2 heterocycles. The minimum Gasteiger partial charge on any atom is -0.311 e. The van der Waals surface area contributed by atoms with E-state index in [1.165, 1.54) is 24.3 Å². The molecule has 2 aromatic heterocycles. The highest BCUT2D eigenvalue weighted by atomic mass is 19.4. The third-order valence-electron chi connectivity index (χ3n) is 5.04. The summed E-state index contributed by atoms with van der Waals surface area (Å²) in [6, 6.07) is 12.3. The van der Waals surface area contributed by atoms with Gasteiger partial charge in [-0.15, -0.1) is 0 Å². The number of nitrogens with zero attached hydrogens (tertiary/aromatic N) is 4. The average Bonchev–Trinajstić information content (AvgIpc) is 3.18. The maximum Gasteiger partial charge on any atom is 0.449 e. The molecule has 0 aliphatic rings. The van der Waals surface area contributed by atoms with Crippen LogP contribution in [0.3, 0.4) is 0 Å². The second-order valence-electron chi connectivity index (χ2n) is 7.43. The van der Waals surface area contributed by atoms with Gasteiger partial charge in [0.25, 0.3) is 17.4 Å². The fourth-order valence-corrected chi connectivity index (χ4v) is 3.59. The van der Waals surface area contributed by atoms with Crippen LogP contribution in [0.5, 0.6) is 0 Å². The number of benzene rings is 2. The van der Waals surface area contributed by atoms with Gasteiger partial charge in [0.15, 0.2) is 5.69 Å². The first-order valence-electron chi connectivity index (χ1n) is 10.3. The first-order chi connectivity index (χ1) is 16.2. The summed E-state index contributed by atoms with van der Waals surface area (Å²) in [5, 5.41) is 4.67. The summed E-state index contributed by atoms with van der Waals surface area (Å²) in [4.78, 5) is 41.3. The first kappa shape index (κ1) is 23.0. The third-order valence-corrected chi connectivity index (χ3v) is 5.04. The van der Waals surface area contributed by atoms with Gasteiger partial charge < -0.3 is 4.57 Å². The van der Waals surface area contributed by atoms with E-state index in [1.807, 2.05) is 6.92 Å². The van der Waals surface area contributed by atoms with Crippen molar-refractivity contribution in [3.63, 3.8) is 0 Å². The van der Waals surface area contributed by atoms with Crippen molar-refractivity contribution in [2.45, 2.75) is 32.6 Å². The van der Waals surface area contributed by atoms with E-state index in [-0.39, 0.29) is 39.6 Å². The quantitative estimate of drug-likeness (QED) is 0.434. The Labute approximate surface area is 190 Å². The number of hydrazine groups is 1. The van der Waals surface area contributed by atoms with Crippen molar-refractivity contribution in [3.8, 4) is 0 Å². The van der Waals surface area contributed by atoms with Gasteiger partial charge in [0.05, 0.1) is 16.4 Å². The molecule has 0 saturated carbocycles. The summed E-state index contributed by atoms with van der Waals surface area (Å²) < 4.78 is 42.2. The van der Waals surface area contributed by atoms with Crippen LogP contribution in [0.2, 0.25) is 0 Å². The lowest BCUT2D eigenvalue weighted by molar-refractivity contribution is -0.147. The molecule has 0 atom stereocenters. The Hall–Kier alpha value is -4.22. The summed E-state index contributed by atoms with van der Waals surface area (Å²) in [6.07, 6.45) is -4.18. The predicted molar refractivity (Wildman–Crippen MR) is 117 cm³/mol. The molecule has 2 aromatic carbocycles. The highest BCUT2D eigenvalue weighted by molar-refractivity contribution is 6.05. The highest BCUT2D eigenvalue weighted by Gasteiger charge is 2.38. The van der Waals surface area contributed by atoms with Crippen LogP contribution < -0.4 is 16.4 Å². The molecule has 176 valence electrons. The molecular weight excluding hydrogens is 453 g/mol. The molecule has 0 bridgehead atoms. The Morgan fingerprint density at radius 3 is 2.38 bits per heavy atom. The summed E-state index contributed by atoms with van der Waals surface area (Å²) >= 11 is 0. The van der Waals surface area contributed by atoms with Crippen molar-refractivity contribution in [2.24, 2.45) is 0 Å². The monoisotopic (exact) mass is 472 g/mol. The standard InChI is InChI=1S/C22H19F3N6O3/c1-2-11-31-20(34)14-8-4-3-7-13(14)18(29-31)19(33)28-27-17(32)12-30-16-10-6-5-9-15(16)26-21(30)22(23,24)25/h3-10H,2,11-12H2,1H3,(H,27,32)(H,28,33). The van der Waals surface area contributed by atoms with Crippen LogP contribution in [0.1, 0.15) is 29.7 Å². The first-order valence-corrected chi connectivity index (χ1v) is 10.3. The Bertz CT molecular complexity index is 1460. The Balaban J connectivity index is 1.57. The van der Waals surface area contributed by atoms with E-state index in [0.717, 1.165) is 9.25 Å². The van der Waals surface area contributed by atoms with E-state index < -0.39 is 30.4 Å². The number of carbonyl (C=O) groups excluding carboxylic acids is 2. The summed E-state index contributed by atoms with van der Waals surface area (Å²) in [7, 11) is 0. The maximum atomic E-state index is 13.4. The minimum absolute atomic E-state index is 0.0838. The number of hydrogen-bond donors (Lipinski definition) is 2. The van der Waals surface area contributed by atoms with Gasteiger partial charge in [-0.25, -0.2) is 9.67 Å². The largest absolute Gasteiger partial charge is 0.449 e. The number of nitrogens with one attached hydrogen (secondary N) is 2. The van der Waals surface area contributed by atoms with Crippen molar-refractivity contribution < 1.29 is 22.8 Å². The number of fused-ring (bicyclic) bond motifs is 2. The van der Waals surface area contributed by atoms with Gasteiger partial charge in [-0.05, 0) is 24.6 Å². The van der Waals surface area contributed by atoms with Gasteiger partial charge >= 0.3 is 6.18 Å². The summed E-state index contributed by atoms with van der Waals surface area (Å²) in [6.45, 7) is 1.39. The topological polar surface area (TPSA) is 111 Å². The van der Waals surface area contributed by atoms with Crippen LogP contribution in [0, 0.1) is 0 Å². The van der Waals surface area contributed by atoms with E-state index in [2.05, 4.69) is 20.9 Å². The molecule has 0 aliphatic carbocycles. The number of halogens is 3. The minimum atomic E-state index is -4.78. The van der Waals surface area contributed by atoms with Crippen LogP contribution in [0.4, 0.5) is 13.2 Å². The SMILES string of the molecule is CCCn1nc(C(=O)NNC(=O)Cn2c(C(F)(F)F)nc3ccccc32)c2ccccc2c1=O. The normalized spacial score (nSPS) is 11.6. The Kier molecular flexibility index (Phi) is 6.05. The maximum absolute atomic E-state index is 13.4. The molecule has 9 nitrogen and oxygen atoms in total. The van der Waals surface area contributed by atoms with Gasteiger partial charge in [-0.2, -0.15) is 18.3 Å². The zero-order chi connectivity index (χ0) is 24.5. The molecule has 34 heavy (non-hydrogen) atoms. The number of alkyl halides is 3. The molecule has 2 N–H and O–H groups in total. The van der Waals surface area contributed by atoms with Gasteiger partial charge in [-0.3, -0.25) is 25.2 Å². The van der Waals surface area contributed by atoms with Crippen molar-refractivity contribution in [1.29, 1.82) is 0 Å². The number of aromatic nitrogens is 4. The molecular formula is C22H19F3N6O3. The van der Waals surface area contributed by atoms with Crippen molar-refractivity contribution in [1.82, 2.24) is 30.2 Å². The molecule has 0 fully saturated rings. The van der Waals surface area contributed by atoms with Gasteiger partial charge in [0.1, 0.15) is 6.54 Å². The fraction of sp³-hybridized carbons (Fsp3) is 0.227. The van der Waals surface area contributed by atoms with E-state index in [4.69, 9.17) is 0 Å². The molecule has 0 saturated heterocycles. The van der Waals surface area contributed by atoms with Crippen LogP contribution in [0.25, 0.3) is 21.8 Å². The zero-order valence-corrected chi connectivity index (χ0v) is 17.9. The second kappa shape index (κ2) is 8.96. The predicted octanol–water partition coefficient (Wildman–Crippen LogP) is 2.64. The van der Waals surface area contributed by atoms with Crippen LogP contribution in [-0.4, -0.2) is 31.1 Å². The van der Waals surface area contributed by atoms with Crippen LogP contribution in [-0.2, 0) is 24.1 Å². The second-order valence-corrected chi connectivity index (χ2v) is 7.43. The molecule has 0 spiro atoms. The van der Waals surface area contributed by atoms with Gasteiger partial charge in [0.2, 0.25) is 5.82 Å². The number of rotatable bonds is 5. The summed E-state index contributed by atoms with van der Waals surface area (Å²) in [5.41, 5.74) is 4.02. The van der Waals surface area contributed by atoms with Crippen molar-refractivity contribution >= 4 is 33.6 Å². The number of hydrogen-bond acceptors (Lipinski definition) is 5. The third kappa shape index (κ3) is 4.34. The van der Waals surface area contributed by atoms with E-state index in [9.17, 15) is 27.6 Å². The van der Waals surface area contributed by atoms with Gasteiger partial charge in [0, 0.05) is 11.9 Å². The fourth-order valence-electron chi connectivity index (χ4n) is 3.59. The van der Waals surface area contributed by atoms with E-state index in [0.29, 0.717) is 6.42 Å². The molecule has 0 unspecified atom stereocenters. The van der Waals surface area contributed by atoms with Crippen molar-refractivity contribution in [3.05, 3.63) is 70.4 Å². The molecule has 4 aromatic rings. The van der Waals surface area contributed by atoms with E-state index in [1.54, 1.807) is 24.3 Å². The number of aryl methyl sites for hydroxylation is 1. The number of amides is 2. The van der Waals surface area contributed by atoms with Gasteiger partial charge in [-0.1, -0.05) is 37.3 Å². The average molecular weight is 472 g/mol.